The standard InChI is InChI=1S/C19H23NO2.C10H15N.H2/c1-6-15(13-20-5)18(16(7-2)19(21)22-8-3)17-12-10-9-11-14(17)4;1-2-9(7-8-11)10-5-3-4-6-10;/h6-7,9-13H,2,8H2,1,3-5H3;2,9-10H,1,3-7H2;1H/b15-6+,18-16+,20-13?;;/t;9-;/m.1./s1. The number of ether oxygens (including phenoxy) is 1. The molecule has 1 saturated carbocycles. The van der Waals surface area contributed by atoms with Gasteiger partial charge in [0.1, 0.15) is 0 Å². The largest absolute Gasteiger partial charge is 0.462 e. The fourth-order valence-corrected chi connectivity index (χ4v) is 4.16. The molecule has 4 heteroatoms. The summed E-state index contributed by atoms with van der Waals surface area (Å²) in [5.74, 6) is 0.842. The lowest BCUT2D eigenvalue weighted by Crippen LogP contribution is -2.10. The maximum atomic E-state index is 12.3. The van der Waals surface area contributed by atoms with Crippen molar-refractivity contribution in [2.24, 2.45) is 16.8 Å². The highest BCUT2D eigenvalue weighted by Crippen LogP contribution is 2.33. The highest BCUT2D eigenvalue weighted by Gasteiger charge is 2.22. The van der Waals surface area contributed by atoms with E-state index in [1.54, 1.807) is 26.3 Å². The summed E-state index contributed by atoms with van der Waals surface area (Å²) in [5.41, 5.74) is 4.15. The second kappa shape index (κ2) is 15.6. The molecule has 0 N–H and O–H groups in total. The molecule has 2 rings (SSSR count). The first kappa shape index (κ1) is 27.8. The molecule has 0 spiro atoms. The van der Waals surface area contributed by atoms with Crippen LogP contribution in [0.1, 0.15) is 58.5 Å². The van der Waals surface area contributed by atoms with Crippen molar-refractivity contribution < 1.29 is 11.0 Å². The van der Waals surface area contributed by atoms with E-state index in [2.05, 4.69) is 24.2 Å². The van der Waals surface area contributed by atoms with Gasteiger partial charge in [-0.15, -0.1) is 6.58 Å². The Labute approximate surface area is 201 Å². The smallest absolute Gasteiger partial charge is 0.338 e. The number of benzene rings is 1. The Morgan fingerprint density at radius 2 is 2.00 bits per heavy atom. The summed E-state index contributed by atoms with van der Waals surface area (Å²) in [6.45, 7) is 13.6. The van der Waals surface area contributed by atoms with Crippen molar-refractivity contribution in [1.82, 2.24) is 0 Å². The average Bonchev–Trinajstić information content (AvgIpc) is 3.35. The zero-order valence-corrected chi connectivity index (χ0v) is 20.6. The van der Waals surface area contributed by atoms with E-state index >= 15 is 0 Å². The average molecular weight is 449 g/mol. The lowest BCUT2D eigenvalue weighted by molar-refractivity contribution is -0.138. The van der Waals surface area contributed by atoms with E-state index in [1.165, 1.54) is 25.7 Å². The van der Waals surface area contributed by atoms with E-state index in [-0.39, 0.29) is 7.40 Å². The quantitative estimate of drug-likeness (QED) is 0.131. The van der Waals surface area contributed by atoms with E-state index in [4.69, 9.17) is 10.00 Å². The first-order valence-electron chi connectivity index (χ1n) is 11.7. The number of rotatable bonds is 9. The van der Waals surface area contributed by atoms with Crippen LogP contribution in [-0.2, 0) is 9.53 Å². The van der Waals surface area contributed by atoms with Crippen molar-refractivity contribution in [3.63, 3.8) is 0 Å². The van der Waals surface area contributed by atoms with Gasteiger partial charge in [0.05, 0.1) is 18.2 Å². The van der Waals surface area contributed by atoms with Gasteiger partial charge in [0.15, 0.2) is 0 Å². The SMILES string of the molecule is C=C/C(C(=O)OCC)=C(/C(C=NC)=C/C)c1ccccc1C.C=C[C@H](CC#N)C1CCCC1.[HH]. The summed E-state index contributed by atoms with van der Waals surface area (Å²) in [7, 11) is 1.71. The van der Waals surface area contributed by atoms with Gasteiger partial charge in [-0.3, -0.25) is 4.99 Å². The molecule has 0 saturated heterocycles. The van der Waals surface area contributed by atoms with E-state index in [0.717, 1.165) is 28.2 Å². The fourth-order valence-electron chi connectivity index (χ4n) is 4.16. The molecule has 0 radical (unpaired) electrons. The van der Waals surface area contributed by atoms with Gasteiger partial charge in [-0.1, -0.05) is 61.9 Å². The minimum absolute atomic E-state index is 0. The van der Waals surface area contributed by atoms with Crippen LogP contribution in [0.5, 0.6) is 0 Å². The number of aliphatic imine (C=N–C) groups is 1. The number of hydrogen-bond donors (Lipinski definition) is 0. The van der Waals surface area contributed by atoms with E-state index in [1.807, 2.05) is 50.3 Å². The molecule has 1 atom stereocenters. The number of nitriles is 1. The molecule has 0 aromatic heterocycles. The fraction of sp³-hybridized carbons (Fsp3) is 0.414. The van der Waals surface area contributed by atoms with Crippen LogP contribution in [0.25, 0.3) is 5.57 Å². The van der Waals surface area contributed by atoms with Crippen molar-refractivity contribution in [3.05, 3.63) is 77.9 Å². The van der Waals surface area contributed by atoms with Gasteiger partial charge in [0, 0.05) is 26.7 Å². The van der Waals surface area contributed by atoms with Crippen LogP contribution in [0, 0.1) is 30.1 Å². The Morgan fingerprint density at radius 1 is 1.33 bits per heavy atom. The first-order valence-corrected chi connectivity index (χ1v) is 11.7. The summed E-state index contributed by atoms with van der Waals surface area (Å²) >= 11 is 0. The zero-order chi connectivity index (χ0) is 24.6. The number of carbonyl (C=O) groups excluding carboxylic acids is 1. The van der Waals surface area contributed by atoms with Crippen LogP contribution in [-0.4, -0.2) is 25.8 Å². The number of hydrogen-bond acceptors (Lipinski definition) is 4. The predicted octanol–water partition coefficient (Wildman–Crippen LogP) is 7.28. The van der Waals surface area contributed by atoms with Crippen LogP contribution in [0.15, 0.2) is 71.8 Å². The van der Waals surface area contributed by atoms with Crippen LogP contribution in [0.4, 0.5) is 0 Å². The number of aryl methyl sites for hydroxylation is 1. The van der Waals surface area contributed by atoms with E-state index < -0.39 is 0 Å². The Morgan fingerprint density at radius 3 is 2.48 bits per heavy atom. The number of esters is 1. The van der Waals surface area contributed by atoms with E-state index in [0.29, 0.717) is 24.5 Å². The Hall–Kier alpha value is -3.19. The molecule has 0 bridgehead atoms. The van der Waals surface area contributed by atoms with Crippen LogP contribution in [0.3, 0.4) is 0 Å². The van der Waals surface area contributed by atoms with Crippen molar-refractivity contribution in [2.75, 3.05) is 13.7 Å². The molecule has 0 unspecified atom stereocenters. The maximum absolute atomic E-state index is 12.3. The molecular weight excluding hydrogens is 408 g/mol. The summed E-state index contributed by atoms with van der Waals surface area (Å²) in [4.78, 5) is 16.4. The third-order valence-corrected chi connectivity index (χ3v) is 5.89. The third-order valence-electron chi connectivity index (χ3n) is 5.89. The van der Waals surface area contributed by atoms with Crippen LogP contribution < -0.4 is 0 Å². The second-order valence-corrected chi connectivity index (χ2v) is 7.97. The highest BCUT2D eigenvalue weighted by molar-refractivity contribution is 6.11. The minimum atomic E-state index is -0.375. The van der Waals surface area contributed by atoms with Gasteiger partial charge in [0.25, 0.3) is 0 Å². The van der Waals surface area contributed by atoms with Gasteiger partial charge in [-0.05, 0) is 62.1 Å². The maximum Gasteiger partial charge on any atom is 0.338 e. The van der Waals surface area contributed by atoms with Crippen molar-refractivity contribution in [1.29, 1.82) is 5.26 Å². The summed E-state index contributed by atoms with van der Waals surface area (Å²) in [6, 6.07) is 10.1. The van der Waals surface area contributed by atoms with E-state index in [9.17, 15) is 4.79 Å². The lowest BCUT2D eigenvalue weighted by Gasteiger charge is -2.15. The molecule has 4 nitrogen and oxygen atoms in total. The molecule has 1 aromatic carbocycles. The highest BCUT2D eigenvalue weighted by atomic mass is 16.5. The van der Waals surface area contributed by atoms with Gasteiger partial charge in [0.2, 0.25) is 0 Å². The molecule has 33 heavy (non-hydrogen) atoms. The molecule has 1 fully saturated rings. The van der Waals surface area contributed by atoms with Crippen LogP contribution in [0.2, 0.25) is 0 Å². The van der Waals surface area contributed by atoms with Gasteiger partial charge < -0.3 is 4.74 Å². The van der Waals surface area contributed by atoms with Gasteiger partial charge >= 0.3 is 5.97 Å². The lowest BCUT2D eigenvalue weighted by atomic mass is 9.89. The number of carbonyl (C=O) groups is 1. The van der Waals surface area contributed by atoms with Crippen molar-refractivity contribution in [2.45, 2.75) is 52.9 Å². The Bertz CT molecular complexity index is 932. The number of nitrogens with zero attached hydrogens (tertiary/aromatic N) is 2. The van der Waals surface area contributed by atoms with Crippen molar-refractivity contribution in [3.8, 4) is 6.07 Å². The molecule has 1 aliphatic rings. The Kier molecular flexibility index (Phi) is 13.2. The molecule has 1 aliphatic carbocycles. The summed E-state index contributed by atoms with van der Waals surface area (Å²) in [6.07, 6.45) is 13.1. The molecule has 0 amide bonds. The summed E-state index contributed by atoms with van der Waals surface area (Å²) in [5, 5.41) is 8.53. The van der Waals surface area contributed by atoms with Crippen molar-refractivity contribution >= 4 is 17.8 Å². The summed E-state index contributed by atoms with van der Waals surface area (Å²) < 4.78 is 5.17. The third kappa shape index (κ3) is 8.35. The zero-order valence-electron chi connectivity index (χ0n) is 20.6. The molecule has 0 aliphatic heterocycles. The van der Waals surface area contributed by atoms with Crippen LogP contribution >= 0.6 is 0 Å². The Balaban J connectivity index is 0.000000763. The van der Waals surface area contributed by atoms with Gasteiger partial charge in [-0.2, -0.15) is 5.26 Å². The minimum Gasteiger partial charge on any atom is -0.462 e. The number of allylic oxidation sites excluding steroid dienone is 4. The monoisotopic (exact) mass is 448 g/mol. The molecule has 178 valence electrons. The molecule has 1 aromatic rings. The second-order valence-electron chi connectivity index (χ2n) is 7.97. The molecule has 0 heterocycles. The first-order chi connectivity index (χ1) is 16.0. The van der Waals surface area contributed by atoms with Gasteiger partial charge in [-0.25, -0.2) is 4.79 Å². The molecular formula is C29H40N2O2. The topological polar surface area (TPSA) is 62.4 Å². The normalized spacial score (nSPS) is 15.7. The predicted molar refractivity (Wildman–Crippen MR) is 141 cm³/mol.